The molecule has 0 aliphatic rings. The Bertz CT molecular complexity index is 351. The summed E-state index contributed by atoms with van der Waals surface area (Å²) >= 11 is 0. The topological polar surface area (TPSA) is 34.1 Å². The molecule has 0 fully saturated rings. The highest BCUT2D eigenvalue weighted by atomic mass is 32.2. The van der Waals surface area contributed by atoms with Crippen LogP contribution < -0.4 is 0 Å². The van der Waals surface area contributed by atoms with E-state index in [2.05, 4.69) is 0 Å². The summed E-state index contributed by atoms with van der Waals surface area (Å²) in [5.41, 5.74) is 0. The lowest BCUT2D eigenvalue weighted by Crippen LogP contribution is -2.05. The molecule has 1 aromatic carbocycles. The van der Waals surface area contributed by atoms with Gasteiger partial charge in [-0.15, -0.1) is 0 Å². The van der Waals surface area contributed by atoms with Gasteiger partial charge in [0.25, 0.3) is 0 Å². The highest BCUT2D eigenvalue weighted by Crippen LogP contribution is 2.18. The van der Waals surface area contributed by atoms with Crippen molar-refractivity contribution in [1.82, 2.24) is 0 Å². The van der Waals surface area contributed by atoms with Crippen molar-refractivity contribution in [3.05, 3.63) is 24.3 Å². The van der Waals surface area contributed by atoms with E-state index in [0.717, 1.165) is 22.6 Å². The van der Waals surface area contributed by atoms with E-state index in [1.54, 1.807) is 0 Å². The van der Waals surface area contributed by atoms with Gasteiger partial charge in [-0.05, 0) is 25.0 Å². The summed E-state index contributed by atoms with van der Waals surface area (Å²) in [6, 6.07) is 7.37. The first-order valence-corrected chi connectivity index (χ1v) is 8.20. The summed E-state index contributed by atoms with van der Waals surface area (Å²) in [5.74, 6) is 1.28. The lowest BCUT2D eigenvalue weighted by atomic mass is 10.4. The van der Waals surface area contributed by atoms with Gasteiger partial charge in [0, 0.05) is 11.5 Å². The zero-order chi connectivity index (χ0) is 12.0. The molecule has 2 unspecified atom stereocenters. The summed E-state index contributed by atoms with van der Waals surface area (Å²) in [6.07, 6.45) is 1.75. The molecule has 0 aliphatic heterocycles. The fourth-order valence-corrected chi connectivity index (χ4v) is 4.20. The van der Waals surface area contributed by atoms with Crippen LogP contribution in [0, 0.1) is 0 Å². The number of benzene rings is 1. The van der Waals surface area contributed by atoms with E-state index in [0.29, 0.717) is 11.5 Å². The summed E-state index contributed by atoms with van der Waals surface area (Å²) in [6.45, 7) is 4.01. The molecule has 16 heavy (non-hydrogen) atoms. The first kappa shape index (κ1) is 13.6. The normalized spacial score (nSPS) is 14.6. The Morgan fingerprint density at radius 3 is 1.56 bits per heavy atom. The predicted octanol–water partition coefficient (Wildman–Crippen LogP) is 2.72. The van der Waals surface area contributed by atoms with Crippen molar-refractivity contribution in [3.63, 3.8) is 0 Å². The molecule has 2 atom stereocenters. The Morgan fingerprint density at radius 2 is 1.25 bits per heavy atom. The minimum absolute atomic E-state index is 0.639. The first-order valence-electron chi connectivity index (χ1n) is 5.56. The minimum Gasteiger partial charge on any atom is -0.254 e. The molecule has 0 spiro atoms. The first-order chi connectivity index (χ1) is 7.70. The van der Waals surface area contributed by atoms with Gasteiger partial charge in [0.15, 0.2) is 0 Å². The van der Waals surface area contributed by atoms with Gasteiger partial charge in [0.1, 0.15) is 0 Å². The van der Waals surface area contributed by atoms with Gasteiger partial charge in [-0.3, -0.25) is 8.42 Å². The third-order valence-corrected chi connectivity index (χ3v) is 5.50. The number of hydrogen-bond donors (Lipinski definition) is 0. The Kier molecular flexibility index (Phi) is 5.91. The van der Waals surface area contributed by atoms with E-state index >= 15 is 0 Å². The fraction of sp³-hybridized carbons (Fsp3) is 0.500. The fourth-order valence-electron chi connectivity index (χ4n) is 1.42. The zero-order valence-corrected chi connectivity index (χ0v) is 11.4. The number of hydrogen-bond acceptors (Lipinski definition) is 2. The summed E-state index contributed by atoms with van der Waals surface area (Å²) in [4.78, 5) is 1.49. The van der Waals surface area contributed by atoms with Crippen LogP contribution in [-0.2, 0) is 21.6 Å². The van der Waals surface area contributed by atoms with Crippen molar-refractivity contribution in [2.24, 2.45) is 0 Å². The maximum Gasteiger partial charge on any atom is 0.0549 e. The van der Waals surface area contributed by atoms with Crippen LogP contribution in [-0.4, -0.2) is 19.9 Å². The van der Waals surface area contributed by atoms with Crippen molar-refractivity contribution in [2.45, 2.75) is 36.5 Å². The summed E-state index contributed by atoms with van der Waals surface area (Å²) in [7, 11) is -2.02. The van der Waals surface area contributed by atoms with Crippen LogP contribution in [0.3, 0.4) is 0 Å². The largest absolute Gasteiger partial charge is 0.254 e. The van der Waals surface area contributed by atoms with Crippen LogP contribution in [0.4, 0.5) is 0 Å². The van der Waals surface area contributed by atoms with Crippen LogP contribution in [0.25, 0.3) is 0 Å². The molecule has 1 rings (SSSR count). The molecule has 0 saturated heterocycles. The van der Waals surface area contributed by atoms with Gasteiger partial charge >= 0.3 is 0 Å². The molecule has 2 nitrogen and oxygen atoms in total. The van der Waals surface area contributed by atoms with Gasteiger partial charge in [-0.25, -0.2) is 0 Å². The third-order valence-electron chi connectivity index (χ3n) is 2.12. The molecule has 0 amide bonds. The zero-order valence-electron chi connectivity index (χ0n) is 9.77. The van der Waals surface area contributed by atoms with Crippen LogP contribution in [0.5, 0.6) is 0 Å². The average molecular weight is 258 g/mol. The quantitative estimate of drug-likeness (QED) is 0.786. The van der Waals surface area contributed by atoms with Crippen LogP contribution in [0.1, 0.15) is 26.7 Å². The average Bonchev–Trinajstić information content (AvgIpc) is 2.30. The van der Waals surface area contributed by atoms with Crippen LogP contribution in [0.15, 0.2) is 34.1 Å². The third kappa shape index (κ3) is 3.52. The molecular weight excluding hydrogens is 240 g/mol. The summed E-state index contributed by atoms with van der Waals surface area (Å²) < 4.78 is 23.9. The Hall–Kier alpha value is -0.480. The van der Waals surface area contributed by atoms with Crippen molar-refractivity contribution in [1.29, 1.82) is 0 Å². The van der Waals surface area contributed by atoms with Gasteiger partial charge in [-0.1, -0.05) is 26.0 Å². The maximum atomic E-state index is 12.0. The molecule has 0 N–H and O–H groups in total. The molecule has 0 saturated carbocycles. The van der Waals surface area contributed by atoms with E-state index in [9.17, 15) is 8.42 Å². The van der Waals surface area contributed by atoms with Crippen LogP contribution >= 0.6 is 0 Å². The van der Waals surface area contributed by atoms with Crippen molar-refractivity contribution in [2.75, 3.05) is 11.5 Å². The second-order valence-electron chi connectivity index (χ2n) is 3.55. The molecule has 4 heteroatoms. The lowest BCUT2D eigenvalue weighted by molar-refractivity contribution is 0.673. The SMILES string of the molecule is CCCS(=O)c1ccccc1S(=O)CCC. The monoisotopic (exact) mass is 258 g/mol. The van der Waals surface area contributed by atoms with E-state index in [1.165, 1.54) is 0 Å². The smallest absolute Gasteiger partial charge is 0.0549 e. The molecule has 90 valence electrons. The standard InChI is InChI=1S/C12H18O2S2/c1-3-9-15(13)11-7-5-6-8-12(11)16(14)10-4-2/h5-8H,3-4,9-10H2,1-2H3. The highest BCUT2D eigenvalue weighted by molar-refractivity contribution is 7.88. The second kappa shape index (κ2) is 6.97. The molecule has 0 aromatic heterocycles. The van der Waals surface area contributed by atoms with E-state index in [4.69, 9.17) is 0 Å². The van der Waals surface area contributed by atoms with Gasteiger partial charge < -0.3 is 0 Å². The lowest BCUT2D eigenvalue weighted by Gasteiger charge is -2.07. The molecule has 0 heterocycles. The Labute approximate surface area is 102 Å². The molecule has 0 bridgehead atoms. The maximum absolute atomic E-state index is 12.0. The molecule has 0 radical (unpaired) electrons. The van der Waals surface area contributed by atoms with E-state index in [1.807, 2.05) is 38.1 Å². The van der Waals surface area contributed by atoms with Gasteiger partial charge in [-0.2, -0.15) is 0 Å². The summed E-state index contributed by atoms with van der Waals surface area (Å²) in [5, 5.41) is 0. The molecule has 0 aliphatic carbocycles. The van der Waals surface area contributed by atoms with Crippen molar-refractivity contribution >= 4 is 21.6 Å². The van der Waals surface area contributed by atoms with Gasteiger partial charge in [0.05, 0.1) is 31.4 Å². The highest BCUT2D eigenvalue weighted by Gasteiger charge is 2.12. The minimum atomic E-state index is -1.01. The molecular formula is C12H18O2S2. The van der Waals surface area contributed by atoms with E-state index < -0.39 is 21.6 Å². The Balaban J connectivity index is 3.00. The van der Waals surface area contributed by atoms with Crippen molar-refractivity contribution in [3.8, 4) is 0 Å². The predicted molar refractivity (Wildman–Crippen MR) is 69.6 cm³/mol. The van der Waals surface area contributed by atoms with Crippen LogP contribution in [0.2, 0.25) is 0 Å². The van der Waals surface area contributed by atoms with Gasteiger partial charge in [0.2, 0.25) is 0 Å². The number of rotatable bonds is 6. The second-order valence-corrected chi connectivity index (χ2v) is 6.62. The molecule has 1 aromatic rings. The van der Waals surface area contributed by atoms with Crippen molar-refractivity contribution < 1.29 is 8.42 Å². The van der Waals surface area contributed by atoms with E-state index in [-0.39, 0.29) is 0 Å². The Morgan fingerprint density at radius 1 is 0.875 bits per heavy atom.